The molecule has 0 atom stereocenters. The summed E-state index contributed by atoms with van der Waals surface area (Å²) in [6.07, 6.45) is 0. The number of phenolic OH excluding ortho intramolecular Hbond substituents is 1. The summed E-state index contributed by atoms with van der Waals surface area (Å²) in [5.41, 5.74) is 2.64. The molecule has 0 saturated heterocycles. The Kier molecular flexibility index (Phi) is 3.25. The van der Waals surface area contributed by atoms with Gasteiger partial charge in [0.1, 0.15) is 11.5 Å². The SMILES string of the molecule is COc1ccc(-c2cccc(Cl)c2C)c(O)c1. The quantitative estimate of drug-likeness (QED) is 0.870. The van der Waals surface area contributed by atoms with E-state index in [0.29, 0.717) is 10.8 Å². The number of benzene rings is 2. The number of ether oxygens (including phenoxy) is 1. The van der Waals surface area contributed by atoms with E-state index in [2.05, 4.69) is 0 Å². The van der Waals surface area contributed by atoms with E-state index in [1.54, 1.807) is 13.2 Å². The molecular weight excluding hydrogens is 236 g/mol. The number of rotatable bonds is 2. The molecule has 0 heterocycles. The van der Waals surface area contributed by atoms with Gasteiger partial charge < -0.3 is 9.84 Å². The summed E-state index contributed by atoms with van der Waals surface area (Å²) in [4.78, 5) is 0. The molecule has 88 valence electrons. The van der Waals surface area contributed by atoms with Crippen molar-refractivity contribution in [3.05, 3.63) is 47.0 Å². The molecule has 0 amide bonds. The predicted octanol–water partition coefficient (Wildman–Crippen LogP) is 4.03. The summed E-state index contributed by atoms with van der Waals surface area (Å²) >= 11 is 6.07. The van der Waals surface area contributed by atoms with Crippen molar-refractivity contribution in [3.8, 4) is 22.6 Å². The second-order valence-corrected chi connectivity index (χ2v) is 4.20. The first kappa shape index (κ1) is 11.8. The van der Waals surface area contributed by atoms with E-state index >= 15 is 0 Å². The van der Waals surface area contributed by atoms with Crippen LogP contribution in [-0.4, -0.2) is 12.2 Å². The van der Waals surface area contributed by atoms with Gasteiger partial charge in [-0.05, 0) is 36.2 Å². The summed E-state index contributed by atoms with van der Waals surface area (Å²) in [7, 11) is 1.57. The topological polar surface area (TPSA) is 29.5 Å². The van der Waals surface area contributed by atoms with Gasteiger partial charge in [-0.25, -0.2) is 0 Å². The molecule has 0 fully saturated rings. The monoisotopic (exact) mass is 248 g/mol. The summed E-state index contributed by atoms with van der Waals surface area (Å²) < 4.78 is 5.05. The summed E-state index contributed by atoms with van der Waals surface area (Å²) in [6, 6.07) is 10.9. The number of hydrogen-bond acceptors (Lipinski definition) is 2. The standard InChI is InChI=1S/C14H13ClO2/c1-9-11(4-3-5-13(9)15)12-7-6-10(17-2)8-14(12)16/h3-8,16H,1-2H3. The van der Waals surface area contributed by atoms with Crippen molar-refractivity contribution < 1.29 is 9.84 Å². The molecule has 0 saturated carbocycles. The van der Waals surface area contributed by atoms with E-state index in [1.807, 2.05) is 37.3 Å². The Labute approximate surface area is 105 Å². The molecule has 2 aromatic rings. The zero-order valence-corrected chi connectivity index (χ0v) is 10.5. The van der Waals surface area contributed by atoms with Gasteiger partial charge in [-0.1, -0.05) is 23.7 Å². The van der Waals surface area contributed by atoms with E-state index in [0.717, 1.165) is 16.7 Å². The number of aromatic hydroxyl groups is 1. The van der Waals surface area contributed by atoms with Gasteiger partial charge >= 0.3 is 0 Å². The molecule has 0 aromatic heterocycles. The van der Waals surface area contributed by atoms with Crippen LogP contribution in [0.15, 0.2) is 36.4 Å². The van der Waals surface area contributed by atoms with Gasteiger partial charge in [-0.15, -0.1) is 0 Å². The number of phenols is 1. The third-order valence-electron chi connectivity index (χ3n) is 2.76. The molecule has 3 heteroatoms. The lowest BCUT2D eigenvalue weighted by Gasteiger charge is -2.10. The normalized spacial score (nSPS) is 10.3. The Morgan fingerprint density at radius 2 is 1.88 bits per heavy atom. The summed E-state index contributed by atoms with van der Waals surface area (Å²) in [5.74, 6) is 0.820. The molecule has 0 aliphatic rings. The van der Waals surface area contributed by atoms with Crippen LogP contribution in [0.2, 0.25) is 5.02 Å². The van der Waals surface area contributed by atoms with Crippen molar-refractivity contribution >= 4 is 11.6 Å². The average molecular weight is 249 g/mol. The van der Waals surface area contributed by atoms with Gasteiger partial charge in [-0.2, -0.15) is 0 Å². The van der Waals surface area contributed by atoms with Crippen LogP contribution in [0.5, 0.6) is 11.5 Å². The lowest BCUT2D eigenvalue weighted by molar-refractivity contribution is 0.408. The average Bonchev–Trinajstić information content (AvgIpc) is 2.33. The molecule has 2 rings (SSSR count). The van der Waals surface area contributed by atoms with Crippen LogP contribution in [0.25, 0.3) is 11.1 Å². The number of hydrogen-bond donors (Lipinski definition) is 1. The Morgan fingerprint density at radius 1 is 1.12 bits per heavy atom. The van der Waals surface area contributed by atoms with Crippen molar-refractivity contribution in [2.45, 2.75) is 6.92 Å². The van der Waals surface area contributed by atoms with Crippen LogP contribution in [0.3, 0.4) is 0 Å². The van der Waals surface area contributed by atoms with Crippen LogP contribution in [0, 0.1) is 6.92 Å². The van der Waals surface area contributed by atoms with Crippen LogP contribution in [0.4, 0.5) is 0 Å². The highest BCUT2D eigenvalue weighted by atomic mass is 35.5. The highest BCUT2D eigenvalue weighted by Crippen LogP contribution is 2.36. The highest BCUT2D eigenvalue weighted by molar-refractivity contribution is 6.31. The van der Waals surface area contributed by atoms with Gasteiger partial charge in [0.05, 0.1) is 7.11 Å². The van der Waals surface area contributed by atoms with Gasteiger partial charge in [0.25, 0.3) is 0 Å². The smallest absolute Gasteiger partial charge is 0.127 e. The Bertz CT molecular complexity index is 550. The van der Waals surface area contributed by atoms with Crippen LogP contribution in [0.1, 0.15) is 5.56 Å². The lowest BCUT2D eigenvalue weighted by Crippen LogP contribution is -1.87. The van der Waals surface area contributed by atoms with E-state index in [-0.39, 0.29) is 5.75 Å². The Balaban J connectivity index is 2.57. The minimum absolute atomic E-state index is 0.190. The fraction of sp³-hybridized carbons (Fsp3) is 0.143. The maximum atomic E-state index is 9.97. The van der Waals surface area contributed by atoms with Crippen molar-refractivity contribution in [1.82, 2.24) is 0 Å². The third kappa shape index (κ3) is 2.22. The predicted molar refractivity (Wildman–Crippen MR) is 69.8 cm³/mol. The molecular formula is C14H13ClO2. The van der Waals surface area contributed by atoms with Crippen molar-refractivity contribution in [2.24, 2.45) is 0 Å². The Morgan fingerprint density at radius 3 is 2.53 bits per heavy atom. The molecule has 0 aliphatic carbocycles. The van der Waals surface area contributed by atoms with Gasteiger partial charge in [-0.3, -0.25) is 0 Å². The molecule has 0 aliphatic heterocycles. The first-order valence-electron chi connectivity index (χ1n) is 5.26. The van der Waals surface area contributed by atoms with Crippen molar-refractivity contribution in [3.63, 3.8) is 0 Å². The second-order valence-electron chi connectivity index (χ2n) is 3.80. The second kappa shape index (κ2) is 4.68. The van der Waals surface area contributed by atoms with Crippen molar-refractivity contribution in [1.29, 1.82) is 0 Å². The van der Waals surface area contributed by atoms with Crippen LogP contribution >= 0.6 is 11.6 Å². The molecule has 2 nitrogen and oxygen atoms in total. The largest absolute Gasteiger partial charge is 0.507 e. The van der Waals surface area contributed by atoms with E-state index in [9.17, 15) is 5.11 Å². The van der Waals surface area contributed by atoms with Gasteiger partial charge in [0, 0.05) is 16.7 Å². The van der Waals surface area contributed by atoms with Gasteiger partial charge in [0.2, 0.25) is 0 Å². The minimum atomic E-state index is 0.190. The highest BCUT2D eigenvalue weighted by Gasteiger charge is 2.09. The fourth-order valence-corrected chi connectivity index (χ4v) is 1.94. The first-order chi connectivity index (χ1) is 8.13. The molecule has 17 heavy (non-hydrogen) atoms. The maximum absolute atomic E-state index is 9.97. The lowest BCUT2D eigenvalue weighted by atomic mass is 9.99. The zero-order valence-electron chi connectivity index (χ0n) is 9.70. The molecule has 1 N–H and O–H groups in total. The first-order valence-corrected chi connectivity index (χ1v) is 5.63. The van der Waals surface area contributed by atoms with E-state index < -0.39 is 0 Å². The van der Waals surface area contributed by atoms with Crippen LogP contribution in [-0.2, 0) is 0 Å². The molecule has 0 unspecified atom stereocenters. The van der Waals surface area contributed by atoms with Crippen molar-refractivity contribution in [2.75, 3.05) is 7.11 Å². The van der Waals surface area contributed by atoms with E-state index in [4.69, 9.17) is 16.3 Å². The third-order valence-corrected chi connectivity index (χ3v) is 3.17. The van der Waals surface area contributed by atoms with E-state index in [1.165, 1.54) is 0 Å². The maximum Gasteiger partial charge on any atom is 0.127 e. The molecule has 0 spiro atoms. The summed E-state index contributed by atoms with van der Waals surface area (Å²) in [5, 5.41) is 10.7. The van der Waals surface area contributed by atoms with Gasteiger partial charge in [0.15, 0.2) is 0 Å². The minimum Gasteiger partial charge on any atom is -0.507 e. The molecule has 0 radical (unpaired) electrons. The molecule has 0 bridgehead atoms. The van der Waals surface area contributed by atoms with Crippen LogP contribution < -0.4 is 4.74 Å². The number of halogens is 1. The fourth-order valence-electron chi connectivity index (χ4n) is 1.77. The molecule has 2 aromatic carbocycles. The Hall–Kier alpha value is -1.67. The zero-order chi connectivity index (χ0) is 12.4. The number of methoxy groups -OCH3 is 1. The summed E-state index contributed by atoms with van der Waals surface area (Å²) in [6.45, 7) is 1.93.